The van der Waals surface area contributed by atoms with Gasteiger partial charge in [0.15, 0.2) is 0 Å². The lowest BCUT2D eigenvalue weighted by Gasteiger charge is -2.25. The number of fused-ring (bicyclic) bond motifs is 1. The third kappa shape index (κ3) is 4.12. The zero-order valence-electron chi connectivity index (χ0n) is 14.6. The van der Waals surface area contributed by atoms with E-state index < -0.39 is 0 Å². The van der Waals surface area contributed by atoms with Crippen LogP contribution in [0.3, 0.4) is 0 Å². The summed E-state index contributed by atoms with van der Waals surface area (Å²) in [4.78, 5) is 17.5. The Morgan fingerprint density at radius 2 is 2.12 bits per heavy atom. The molecular weight excluding hydrogens is 332 g/mol. The molecule has 6 heteroatoms. The lowest BCUT2D eigenvalue weighted by molar-refractivity contribution is -0.131. The number of carbonyl (C=O) groups excluding carboxylic acids is 1. The van der Waals surface area contributed by atoms with Crippen LogP contribution in [0.2, 0.25) is 0 Å². The van der Waals surface area contributed by atoms with Crippen LogP contribution in [0.5, 0.6) is 0 Å². The Bertz CT molecular complexity index is 690. The first-order valence-corrected chi connectivity index (χ1v) is 10.2. The van der Waals surface area contributed by atoms with Gasteiger partial charge in [0.2, 0.25) is 5.91 Å². The van der Waals surface area contributed by atoms with Crippen molar-refractivity contribution in [2.24, 2.45) is 5.92 Å². The molecule has 134 valence electrons. The Labute approximate surface area is 153 Å². The number of likely N-dealkylation sites (tertiary alicyclic amines) is 1. The zero-order chi connectivity index (χ0) is 17.1. The molecule has 1 saturated heterocycles. The molecule has 4 heterocycles. The summed E-state index contributed by atoms with van der Waals surface area (Å²) in [5.74, 6) is 0.715. The molecule has 0 aliphatic carbocycles. The number of nitrogens with zero attached hydrogens (tertiary/aromatic N) is 4. The summed E-state index contributed by atoms with van der Waals surface area (Å²) in [6, 6.07) is 4.10. The highest BCUT2D eigenvalue weighted by molar-refractivity contribution is 7.08. The molecule has 0 bridgehead atoms. The molecule has 0 aromatic carbocycles. The normalized spacial score (nSPS) is 21.3. The average molecular weight is 359 g/mol. The predicted molar refractivity (Wildman–Crippen MR) is 99.4 cm³/mol. The third-order valence-corrected chi connectivity index (χ3v) is 6.14. The van der Waals surface area contributed by atoms with E-state index in [2.05, 4.69) is 26.1 Å². The molecule has 5 nitrogen and oxygen atoms in total. The van der Waals surface area contributed by atoms with E-state index in [-0.39, 0.29) is 5.91 Å². The summed E-state index contributed by atoms with van der Waals surface area (Å²) >= 11 is 1.65. The van der Waals surface area contributed by atoms with E-state index in [4.69, 9.17) is 0 Å². The van der Waals surface area contributed by atoms with Gasteiger partial charge >= 0.3 is 0 Å². The molecule has 0 saturated carbocycles. The van der Waals surface area contributed by atoms with E-state index in [9.17, 15) is 4.79 Å². The highest BCUT2D eigenvalue weighted by Gasteiger charge is 2.26. The molecule has 2 aromatic rings. The van der Waals surface area contributed by atoms with Gasteiger partial charge in [-0.2, -0.15) is 16.4 Å². The standard InChI is InChI=1S/C19H26N4OS/c24-19(11-16-5-10-25-15-16)22-12-17(4-9-21-7-1-2-8-21)13-23-18(14-22)3-6-20-23/h3,5-6,10,15,17H,1-2,4,7-9,11-14H2/t17-/m0/s1. The fraction of sp³-hybridized carbons (Fsp3) is 0.579. The van der Waals surface area contributed by atoms with Gasteiger partial charge in [0.1, 0.15) is 0 Å². The first-order valence-electron chi connectivity index (χ1n) is 9.30. The van der Waals surface area contributed by atoms with Crippen LogP contribution in [-0.2, 0) is 24.3 Å². The van der Waals surface area contributed by atoms with Crippen LogP contribution in [0.4, 0.5) is 0 Å². The van der Waals surface area contributed by atoms with Crippen molar-refractivity contribution >= 4 is 17.2 Å². The molecule has 2 aliphatic heterocycles. The predicted octanol–water partition coefficient (Wildman–Crippen LogP) is 2.63. The highest BCUT2D eigenvalue weighted by atomic mass is 32.1. The molecule has 2 aliphatic rings. The molecule has 0 radical (unpaired) electrons. The Balaban J connectivity index is 1.43. The summed E-state index contributed by atoms with van der Waals surface area (Å²) in [6.07, 6.45) is 6.18. The van der Waals surface area contributed by atoms with Crippen molar-refractivity contribution in [2.75, 3.05) is 26.2 Å². The second-order valence-electron chi connectivity index (χ2n) is 7.29. The minimum absolute atomic E-state index is 0.235. The van der Waals surface area contributed by atoms with Gasteiger partial charge < -0.3 is 9.80 Å². The molecule has 0 spiro atoms. The average Bonchev–Trinajstić information content (AvgIpc) is 3.35. The molecular formula is C19H26N4OS. The maximum Gasteiger partial charge on any atom is 0.227 e. The van der Waals surface area contributed by atoms with Gasteiger partial charge in [0.25, 0.3) is 0 Å². The van der Waals surface area contributed by atoms with Crippen LogP contribution >= 0.6 is 11.3 Å². The number of thiophene rings is 1. The number of hydrogen-bond donors (Lipinski definition) is 0. The van der Waals surface area contributed by atoms with Gasteiger partial charge in [-0.25, -0.2) is 0 Å². The van der Waals surface area contributed by atoms with Gasteiger partial charge in [-0.1, -0.05) is 0 Å². The monoisotopic (exact) mass is 358 g/mol. The SMILES string of the molecule is O=C(Cc1ccsc1)N1Cc2ccnn2C[C@@H](CCN2CCCC2)C1. The summed E-state index contributed by atoms with van der Waals surface area (Å²) in [7, 11) is 0. The van der Waals surface area contributed by atoms with Crippen LogP contribution in [0.15, 0.2) is 29.1 Å². The summed E-state index contributed by atoms with van der Waals surface area (Å²) < 4.78 is 2.10. The first kappa shape index (κ1) is 16.8. The minimum Gasteiger partial charge on any atom is -0.336 e. The van der Waals surface area contributed by atoms with Gasteiger partial charge in [0, 0.05) is 19.3 Å². The topological polar surface area (TPSA) is 41.4 Å². The fourth-order valence-electron chi connectivity index (χ4n) is 3.96. The number of hydrogen-bond acceptors (Lipinski definition) is 4. The fourth-order valence-corrected chi connectivity index (χ4v) is 4.63. The van der Waals surface area contributed by atoms with E-state index >= 15 is 0 Å². The van der Waals surface area contributed by atoms with Crippen LogP contribution < -0.4 is 0 Å². The zero-order valence-corrected chi connectivity index (χ0v) is 15.5. The minimum atomic E-state index is 0.235. The molecule has 0 N–H and O–H groups in total. The van der Waals surface area contributed by atoms with Crippen molar-refractivity contribution in [1.29, 1.82) is 0 Å². The van der Waals surface area contributed by atoms with Gasteiger partial charge in [0.05, 0.1) is 18.7 Å². The number of rotatable bonds is 5. The van der Waals surface area contributed by atoms with Gasteiger partial charge in [-0.3, -0.25) is 9.48 Å². The first-order chi connectivity index (χ1) is 12.3. The van der Waals surface area contributed by atoms with Crippen molar-refractivity contribution in [3.8, 4) is 0 Å². The molecule has 1 amide bonds. The van der Waals surface area contributed by atoms with Gasteiger partial charge in [-0.05, 0) is 73.3 Å². The van der Waals surface area contributed by atoms with E-state index in [0.717, 1.165) is 37.3 Å². The van der Waals surface area contributed by atoms with E-state index in [1.165, 1.54) is 25.9 Å². The summed E-state index contributed by atoms with van der Waals surface area (Å²) in [5, 5.41) is 8.60. The second kappa shape index (κ2) is 7.70. The van der Waals surface area contributed by atoms with Crippen molar-refractivity contribution in [3.05, 3.63) is 40.3 Å². The van der Waals surface area contributed by atoms with Crippen molar-refractivity contribution in [1.82, 2.24) is 19.6 Å². The summed E-state index contributed by atoms with van der Waals surface area (Å²) in [6.45, 7) is 6.08. The van der Waals surface area contributed by atoms with Crippen molar-refractivity contribution in [2.45, 2.75) is 38.8 Å². The van der Waals surface area contributed by atoms with E-state index in [1.807, 2.05) is 22.5 Å². The number of carbonyl (C=O) groups is 1. The Hall–Kier alpha value is -1.66. The number of amides is 1. The second-order valence-corrected chi connectivity index (χ2v) is 8.07. The molecule has 1 atom stereocenters. The Morgan fingerprint density at radius 1 is 1.24 bits per heavy atom. The lowest BCUT2D eigenvalue weighted by atomic mass is 10.0. The maximum absolute atomic E-state index is 12.8. The maximum atomic E-state index is 12.8. The highest BCUT2D eigenvalue weighted by Crippen LogP contribution is 2.21. The quantitative estimate of drug-likeness (QED) is 0.825. The molecule has 25 heavy (non-hydrogen) atoms. The third-order valence-electron chi connectivity index (χ3n) is 5.41. The van der Waals surface area contributed by atoms with Crippen LogP contribution in [0, 0.1) is 5.92 Å². The molecule has 1 fully saturated rings. The molecule has 0 unspecified atom stereocenters. The lowest BCUT2D eigenvalue weighted by Crippen LogP contribution is -2.36. The van der Waals surface area contributed by atoms with Crippen LogP contribution in [-0.4, -0.2) is 51.7 Å². The van der Waals surface area contributed by atoms with Crippen LogP contribution in [0.25, 0.3) is 0 Å². The summed E-state index contributed by atoms with van der Waals surface area (Å²) in [5.41, 5.74) is 2.28. The molecule has 4 rings (SSSR count). The van der Waals surface area contributed by atoms with Gasteiger partial charge in [-0.15, -0.1) is 0 Å². The smallest absolute Gasteiger partial charge is 0.227 e. The van der Waals surface area contributed by atoms with Crippen molar-refractivity contribution < 1.29 is 4.79 Å². The van der Waals surface area contributed by atoms with Crippen LogP contribution in [0.1, 0.15) is 30.5 Å². The largest absolute Gasteiger partial charge is 0.336 e. The van der Waals surface area contributed by atoms with E-state index in [0.29, 0.717) is 18.9 Å². The number of aromatic nitrogens is 2. The molecule has 2 aromatic heterocycles. The Morgan fingerprint density at radius 3 is 2.92 bits per heavy atom. The Kier molecular flexibility index (Phi) is 5.17. The van der Waals surface area contributed by atoms with Crippen molar-refractivity contribution in [3.63, 3.8) is 0 Å². The van der Waals surface area contributed by atoms with E-state index in [1.54, 1.807) is 11.3 Å².